The van der Waals surface area contributed by atoms with Gasteiger partial charge in [0.25, 0.3) is 5.56 Å². The fourth-order valence-corrected chi connectivity index (χ4v) is 4.21. The summed E-state index contributed by atoms with van der Waals surface area (Å²) < 4.78 is 12.1. The number of aromatic nitrogens is 1. The van der Waals surface area contributed by atoms with Gasteiger partial charge in [0.05, 0.1) is 43.2 Å². The molecular weight excluding hydrogens is 394 g/mol. The van der Waals surface area contributed by atoms with Gasteiger partial charge in [-0.25, -0.2) is 0 Å². The van der Waals surface area contributed by atoms with Gasteiger partial charge >= 0.3 is 5.97 Å². The molecule has 1 aliphatic rings. The number of benzene rings is 2. The Morgan fingerprint density at radius 3 is 2.48 bits per heavy atom. The molecule has 0 N–H and O–H groups in total. The first-order valence-corrected chi connectivity index (χ1v) is 10.2. The number of esters is 1. The summed E-state index contributed by atoms with van der Waals surface area (Å²) in [6, 6.07) is 11.9. The molecule has 2 aromatic carbocycles. The number of fused-ring (bicyclic) bond motifs is 2. The lowest BCUT2D eigenvalue weighted by Crippen LogP contribution is -2.36. The molecule has 162 valence electrons. The highest BCUT2D eigenvalue weighted by Gasteiger charge is 2.25. The second-order valence-corrected chi connectivity index (χ2v) is 7.92. The number of rotatable bonds is 4. The fraction of sp³-hybridized carbons (Fsp3) is 0.333. The number of anilines is 3. The number of carbonyl (C=O) groups excluding carboxylic acids is 1. The lowest BCUT2D eigenvalue weighted by atomic mass is 10.0. The monoisotopic (exact) mass is 421 g/mol. The van der Waals surface area contributed by atoms with Gasteiger partial charge in [-0.3, -0.25) is 9.59 Å². The van der Waals surface area contributed by atoms with Gasteiger partial charge in [-0.2, -0.15) is 0 Å². The Kier molecular flexibility index (Phi) is 5.35. The first-order valence-electron chi connectivity index (χ1n) is 10.2. The van der Waals surface area contributed by atoms with E-state index in [1.165, 1.54) is 7.11 Å². The van der Waals surface area contributed by atoms with Crippen LogP contribution in [0.4, 0.5) is 17.1 Å². The average Bonchev–Trinajstić information content (AvgIpc) is 2.77. The van der Waals surface area contributed by atoms with Gasteiger partial charge < -0.3 is 23.8 Å². The normalized spacial score (nSPS) is 13.3. The summed E-state index contributed by atoms with van der Waals surface area (Å²) in [6.07, 6.45) is 0.216. The van der Waals surface area contributed by atoms with E-state index in [2.05, 4.69) is 16.8 Å². The number of methoxy groups -OCH3 is 2. The standard InChI is InChI=1S/C24H27N3O4/c1-15-10-18-20(26(3)24(15)29)13-17(30-4)14-21(18)27-9-8-25(2)19-7-6-16(11-22(19)27)12-23(28)31-5/h6-7,10-11,13-14H,8-9,12H2,1-5H3. The minimum atomic E-state index is -0.270. The molecule has 7 nitrogen and oxygen atoms in total. The van der Waals surface area contributed by atoms with E-state index >= 15 is 0 Å². The number of hydrogen-bond donors (Lipinski definition) is 0. The summed E-state index contributed by atoms with van der Waals surface area (Å²) >= 11 is 0. The molecule has 0 saturated carbocycles. The van der Waals surface area contributed by atoms with Crippen LogP contribution in [-0.2, 0) is 23.0 Å². The van der Waals surface area contributed by atoms with E-state index < -0.39 is 0 Å². The summed E-state index contributed by atoms with van der Waals surface area (Å²) in [4.78, 5) is 28.8. The second kappa shape index (κ2) is 7.98. The topological polar surface area (TPSA) is 64.0 Å². The Morgan fingerprint density at radius 1 is 1.00 bits per heavy atom. The maximum absolute atomic E-state index is 12.5. The Balaban J connectivity index is 1.95. The van der Waals surface area contributed by atoms with Crippen molar-refractivity contribution in [3.63, 3.8) is 0 Å². The van der Waals surface area contributed by atoms with Crippen molar-refractivity contribution in [1.29, 1.82) is 0 Å². The first-order chi connectivity index (χ1) is 14.8. The van der Waals surface area contributed by atoms with Gasteiger partial charge in [-0.15, -0.1) is 0 Å². The van der Waals surface area contributed by atoms with Crippen LogP contribution >= 0.6 is 0 Å². The van der Waals surface area contributed by atoms with Crippen LogP contribution in [0.5, 0.6) is 5.75 Å². The van der Waals surface area contributed by atoms with Crippen LogP contribution in [-0.4, -0.2) is 44.9 Å². The largest absolute Gasteiger partial charge is 0.497 e. The minimum Gasteiger partial charge on any atom is -0.497 e. The number of carbonyl (C=O) groups is 1. The van der Waals surface area contributed by atoms with Crippen LogP contribution in [0.1, 0.15) is 11.1 Å². The van der Waals surface area contributed by atoms with E-state index in [9.17, 15) is 9.59 Å². The van der Waals surface area contributed by atoms with Crippen LogP contribution < -0.4 is 20.1 Å². The number of pyridine rings is 1. The highest BCUT2D eigenvalue weighted by molar-refractivity contribution is 5.98. The van der Waals surface area contributed by atoms with Gasteiger partial charge in [0.2, 0.25) is 0 Å². The Morgan fingerprint density at radius 2 is 1.77 bits per heavy atom. The van der Waals surface area contributed by atoms with Gasteiger partial charge in [0.15, 0.2) is 0 Å². The van der Waals surface area contributed by atoms with E-state index in [4.69, 9.17) is 9.47 Å². The highest BCUT2D eigenvalue weighted by Crippen LogP contribution is 2.42. The molecule has 2 heterocycles. The summed E-state index contributed by atoms with van der Waals surface area (Å²) in [6.45, 7) is 3.43. The Labute approximate surface area is 181 Å². The predicted octanol–water partition coefficient (Wildman–Crippen LogP) is 3.16. The van der Waals surface area contributed by atoms with Crippen molar-refractivity contribution in [2.24, 2.45) is 7.05 Å². The smallest absolute Gasteiger partial charge is 0.309 e. The number of likely N-dealkylation sites (N-methyl/N-ethyl adjacent to an activating group) is 1. The molecule has 0 bridgehead atoms. The van der Waals surface area contributed by atoms with E-state index in [0.717, 1.165) is 46.6 Å². The first kappa shape index (κ1) is 20.8. The van der Waals surface area contributed by atoms with Crippen molar-refractivity contribution in [2.45, 2.75) is 13.3 Å². The lowest BCUT2D eigenvalue weighted by molar-refractivity contribution is -0.139. The van der Waals surface area contributed by atoms with Crippen molar-refractivity contribution >= 4 is 33.9 Å². The number of ether oxygens (including phenoxy) is 2. The van der Waals surface area contributed by atoms with Gasteiger partial charge in [-0.1, -0.05) is 6.07 Å². The molecule has 0 amide bonds. The molecule has 0 atom stereocenters. The predicted molar refractivity (Wildman–Crippen MR) is 123 cm³/mol. The van der Waals surface area contributed by atoms with Crippen LogP contribution in [0.3, 0.4) is 0 Å². The van der Waals surface area contributed by atoms with Crippen molar-refractivity contribution in [1.82, 2.24) is 4.57 Å². The summed E-state index contributed by atoms with van der Waals surface area (Å²) in [5, 5.41) is 0.981. The third-order valence-electron chi connectivity index (χ3n) is 5.98. The van der Waals surface area contributed by atoms with Crippen molar-refractivity contribution in [2.75, 3.05) is 44.2 Å². The average molecular weight is 421 g/mol. The van der Waals surface area contributed by atoms with Crippen LogP contribution in [0.25, 0.3) is 10.9 Å². The molecular formula is C24H27N3O4. The maximum Gasteiger partial charge on any atom is 0.309 e. The van der Waals surface area contributed by atoms with Crippen molar-refractivity contribution < 1.29 is 14.3 Å². The molecule has 0 aliphatic carbocycles. The Bertz CT molecular complexity index is 1230. The molecule has 7 heteroatoms. The second-order valence-electron chi connectivity index (χ2n) is 7.92. The van der Waals surface area contributed by atoms with Gasteiger partial charge in [-0.05, 0) is 30.7 Å². The van der Waals surface area contributed by atoms with Crippen LogP contribution in [0, 0.1) is 6.92 Å². The zero-order valence-corrected chi connectivity index (χ0v) is 18.6. The SMILES string of the molecule is COC(=O)Cc1ccc2c(c1)N(c1cc(OC)cc3c1cc(C)c(=O)n3C)CCN2C. The third kappa shape index (κ3) is 3.60. The van der Waals surface area contributed by atoms with E-state index in [1.807, 2.05) is 43.3 Å². The van der Waals surface area contributed by atoms with Crippen molar-refractivity contribution in [3.8, 4) is 5.75 Å². The summed E-state index contributed by atoms with van der Waals surface area (Å²) in [5.74, 6) is 0.417. The van der Waals surface area contributed by atoms with Crippen LogP contribution in [0.15, 0.2) is 41.2 Å². The summed E-state index contributed by atoms with van der Waals surface area (Å²) in [7, 11) is 6.88. The molecule has 1 aliphatic heterocycles. The molecule has 4 rings (SSSR count). The molecule has 0 unspecified atom stereocenters. The van der Waals surface area contributed by atoms with E-state index in [-0.39, 0.29) is 17.9 Å². The van der Waals surface area contributed by atoms with E-state index in [1.54, 1.807) is 18.7 Å². The summed E-state index contributed by atoms with van der Waals surface area (Å²) in [5.41, 5.74) is 5.44. The highest BCUT2D eigenvalue weighted by atomic mass is 16.5. The maximum atomic E-state index is 12.5. The molecule has 3 aromatic rings. The molecule has 1 aromatic heterocycles. The van der Waals surface area contributed by atoms with E-state index in [0.29, 0.717) is 11.3 Å². The lowest BCUT2D eigenvalue weighted by Gasteiger charge is -2.38. The quantitative estimate of drug-likeness (QED) is 0.603. The van der Waals surface area contributed by atoms with Crippen LogP contribution in [0.2, 0.25) is 0 Å². The molecule has 0 spiro atoms. The fourth-order valence-electron chi connectivity index (χ4n) is 4.21. The molecule has 31 heavy (non-hydrogen) atoms. The zero-order valence-electron chi connectivity index (χ0n) is 18.6. The van der Waals surface area contributed by atoms with Gasteiger partial charge in [0.1, 0.15) is 5.75 Å². The molecule has 0 saturated heterocycles. The van der Waals surface area contributed by atoms with Crippen molar-refractivity contribution in [3.05, 3.63) is 57.9 Å². The minimum absolute atomic E-state index is 0.0224. The molecule has 0 fully saturated rings. The van der Waals surface area contributed by atoms with Gasteiger partial charge in [0, 0.05) is 50.3 Å². The molecule has 0 radical (unpaired) electrons. The number of nitrogens with zero attached hydrogens (tertiary/aromatic N) is 3. The zero-order chi connectivity index (χ0) is 22.3. The third-order valence-corrected chi connectivity index (χ3v) is 5.98. The number of hydrogen-bond acceptors (Lipinski definition) is 6. The number of aryl methyl sites for hydroxylation is 2. The Hall–Kier alpha value is -3.48.